The Hall–Kier alpha value is -2.79. The van der Waals surface area contributed by atoms with Gasteiger partial charge in [-0.15, -0.1) is 0 Å². The van der Waals surface area contributed by atoms with Gasteiger partial charge >= 0.3 is 0 Å². The average Bonchev–Trinajstić information content (AvgIpc) is 2.68. The van der Waals surface area contributed by atoms with Gasteiger partial charge in [0.1, 0.15) is 11.5 Å². The largest absolute Gasteiger partial charge is 0.508 e. The van der Waals surface area contributed by atoms with Crippen molar-refractivity contribution in [2.75, 3.05) is 5.75 Å². The molecule has 0 aromatic heterocycles. The Morgan fingerprint density at radius 2 is 1.19 bits per heavy atom. The molecule has 0 amide bonds. The van der Waals surface area contributed by atoms with Crippen LogP contribution in [-0.2, 0) is 15.3 Å². The molecule has 0 aliphatic carbocycles. The first-order chi connectivity index (χ1) is 12.8. The Morgan fingerprint density at radius 1 is 0.741 bits per heavy atom. The monoisotopic (exact) mass is 382 g/mol. The number of hydrogen-bond donors (Lipinski definition) is 2. The van der Waals surface area contributed by atoms with Crippen LogP contribution < -0.4 is 0 Å². The summed E-state index contributed by atoms with van der Waals surface area (Å²) in [5.74, 6) is 0.294. The maximum atomic E-state index is 12.8. The van der Waals surface area contributed by atoms with Crippen molar-refractivity contribution in [1.82, 2.24) is 0 Å². The van der Waals surface area contributed by atoms with Crippen molar-refractivity contribution in [2.45, 2.75) is 23.7 Å². The molecule has 4 nitrogen and oxygen atoms in total. The van der Waals surface area contributed by atoms with Gasteiger partial charge < -0.3 is 10.2 Å². The van der Waals surface area contributed by atoms with E-state index in [2.05, 4.69) is 0 Å². The van der Waals surface area contributed by atoms with Crippen LogP contribution in [0.2, 0.25) is 0 Å². The van der Waals surface area contributed by atoms with Gasteiger partial charge in [-0.05, 0) is 53.9 Å². The van der Waals surface area contributed by atoms with E-state index in [4.69, 9.17) is 0 Å². The van der Waals surface area contributed by atoms with Crippen LogP contribution in [0.3, 0.4) is 0 Å². The summed E-state index contributed by atoms with van der Waals surface area (Å²) in [6.07, 6.45) is 0.361. The van der Waals surface area contributed by atoms with Gasteiger partial charge in [0, 0.05) is 5.41 Å². The van der Waals surface area contributed by atoms with Crippen molar-refractivity contribution in [3.63, 3.8) is 0 Å². The third-order valence-electron chi connectivity index (χ3n) is 4.98. The van der Waals surface area contributed by atoms with Crippen molar-refractivity contribution < 1.29 is 18.6 Å². The minimum absolute atomic E-state index is 0.0186. The lowest BCUT2D eigenvalue weighted by Gasteiger charge is -2.31. The van der Waals surface area contributed by atoms with Gasteiger partial charge in [-0.25, -0.2) is 8.42 Å². The van der Waals surface area contributed by atoms with Crippen LogP contribution in [0.4, 0.5) is 0 Å². The summed E-state index contributed by atoms with van der Waals surface area (Å²) in [6.45, 7) is 1.98. The van der Waals surface area contributed by atoms with Crippen molar-refractivity contribution in [3.05, 3.63) is 90.0 Å². The molecule has 3 aromatic rings. The van der Waals surface area contributed by atoms with Crippen LogP contribution in [0.1, 0.15) is 24.5 Å². The lowest BCUT2D eigenvalue weighted by molar-refractivity contribution is 0.472. The van der Waals surface area contributed by atoms with E-state index in [0.29, 0.717) is 11.3 Å². The number of phenols is 2. The van der Waals surface area contributed by atoms with E-state index >= 15 is 0 Å². The molecule has 5 heteroatoms. The molecule has 140 valence electrons. The molecule has 0 saturated carbocycles. The zero-order valence-electron chi connectivity index (χ0n) is 15.0. The van der Waals surface area contributed by atoms with E-state index in [1.807, 2.05) is 6.92 Å². The Kier molecular flexibility index (Phi) is 5.24. The topological polar surface area (TPSA) is 74.6 Å². The highest BCUT2D eigenvalue weighted by atomic mass is 32.2. The fourth-order valence-corrected chi connectivity index (χ4v) is 4.68. The standard InChI is InChI=1S/C22H22O4S/c1-22(17-7-11-19(23)12-8-17,18-9-13-20(24)14-10-18)15-16-27(25,26)21-5-3-2-4-6-21/h2-14,23-24H,15-16H2,1H3. The second-order valence-electron chi connectivity index (χ2n) is 6.81. The summed E-state index contributed by atoms with van der Waals surface area (Å²) in [5.41, 5.74) is 1.20. The normalized spacial score (nSPS) is 12.0. The van der Waals surface area contributed by atoms with Gasteiger partial charge in [-0.2, -0.15) is 0 Å². The molecule has 3 rings (SSSR count). The second-order valence-corrected chi connectivity index (χ2v) is 8.92. The van der Waals surface area contributed by atoms with Crippen LogP contribution in [0.15, 0.2) is 83.8 Å². The van der Waals surface area contributed by atoms with E-state index in [9.17, 15) is 18.6 Å². The number of sulfone groups is 1. The van der Waals surface area contributed by atoms with E-state index in [1.54, 1.807) is 78.9 Å². The number of hydrogen-bond acceptors (Lipinski definition) is 4. The fraction of sp³-hybridized carbons (Fsp3) is 0.182. The molecule has 0 spiro atoms. The maximum absolute atomic E-state index is 12.8. The van der Waals surface area contributed by atoms with E-state index in [0.717, 1.165) is 11.1 Å². The van der Waals surface area contributed by atoms with Gasteiger partial charge in [0.05, 0.1) is 10.6 Å². The fourth-order valence-electron chi connectivity index (χ4n) is 3.20. The van der Waals surface area contributed by atoms with Gasteiger partial charge in [0.25, 0.3) is 0 Å². The number of aromatic hydroxyl groups is 2. The Morgan fingerprint density at radius 3 is 1.63 bits per heavy atom. The average molecular weight is 382 g/mol. The molecule has 0 bridgehead atoms. The van der Waals surface area contributed by atoms with E-state index < -0.39 is 15.3 Å². The van der Waals surface area contributed by atoms with E-state index in [1.165, 1.54) is 0 Å². The summed E-state index contributed by atoms with van der Waals surface area (Å²) in [7, 11) is -3.42. The highest BCUT2D eigenvalue weighted by Gasteiger charge is 2.31. The maximum Gasteiger partial charge on any atom is 0.178 e. The molecular formula is C22H22O4S. The van der Waals surface area contributed by atoms with Crippen LogP contribution in [-0.4, -0.2) is 24.4 Å². The van der Waals surface area contributed by atoms with Gasteiger partial charge in [0.15, 0.2) is 9.84 Å². The minimum atomic E-state index is -3.42. The molecule has 0 fully saturated rings. The van der Waals surface area contributed by atoms with Crippen LogP contribution in [0, 0.1) is 0 Å². The number of phenolic OH excluding ortho intramolecular Hbond substituents is 2. The molecule has 0 heterocycles. The molecule has 0 radical (unpaired) electrons. The zero-order valence-corrected chi connectivity index (χ0v) is 15.9. The van der Waals surface area contributed by atoms with Crippen LogP contribution in [0.25, 0.3) is 0 Å². The van der Waals surface area contributed by atoms with Crippen LogP contribution >= 0.6 is 0 Å². The third-order valence-corrected chi connectivity index (χ3v) is 6.71. The van der Waals surface area contributed by atoms with Gasteiger partial charge in [0.2, 0.25) is 0 Å². The first-order valence-corrected chi connectivity index (χ1v) is 10.3. The molecule has 3 aromatic carbocycles. The number of rotatable bonds is 6. The molecular weight excluding hydrogens is 360 g/mol. The summed E-state index contributed by atoms with van der Waals surface area (Å²) in [4.78, 5) is 0.309. The highest BCUT2D eigenvalue weighted by Crippen LogP contribution is 2.37. The first kappa shape index (κ1) is 19.0. The van der Waals surface area contributed by atoms with Gasteiger partial charge in [-0.1, -0.05) is 49.4 Å². The van der Waals surface area contributed by atoms with Crippen molar-refractivity contribution >= 4 is 9.84 Å². The molecule has 0 unspecified atom stereocenters. The van der Waals surface area contributed by atoms with Crippen molar-refractivity contribution in [3.8, 4) is 11.5 Å². The summed E-state index contributed by atoms with van der Waals surface area (Å²) in [6, 6.07) is 22.0. The lowest BCUT2D eigenvalue weighted by Crippen LogP contribution is -2.27. The molecule has 27 heavy (non-hydrogen) atoms. The Labute approximate surface area is 159 Å². The molecule has 0 saturated heterocycles. The minimum Gasteiger partial charge on any atom is -0.508 e. The zero-order chi connectivity index (χ0) is 19.5. The third kappa shape index (κ3) is 4.14. The predicted molar refractivity (Wildman–Crippen MR) is 106 cm³/mol. The molecule has 2 N–H and O–H groups in total. The predicted octanol–water partition coefficient (Wildman–Crippen LogP) is 4.27. The molecule has 0 atom stereocenters. The van der Waals surface area contributed by atoms with E-state index in [-0.39, 0.29) is 17.3 Å². The second kappa shape index (κ2) is 7.45. The summed E-state index contributed by atoms with van der Waals surface area (Å²) in [5, 5.41) is 19.2. The SMILES string of the molecule is CC(CCS(=O)(=O)c1ccccc1)(c1ccc(O)cc1)c1ccc(O)cc1. The Bertz CT molecular complexity index is 947. The van der Waals surface area contributed by atoms with Gasteiger partial charge in [-0.3, -0.25) is 0 Å². The van der Waals surface area contributed by atoms with Crippen LogP contribution in [0.5, 0.6) is 11.5 Å². The summed E-state index contributed by atoms with van der Waals surface area (Å²) >= 11 is 0. The smallest absolute Gasteiger partial charge is 0.178 e. The first-order valence-electron chi connectivity index (χ1n) is 8.68. The molecule has 0 aliphatic heterocycles. The lowest BCUT2D eigenvalue weighted by atomic mass is 9.74. The van der Waals surface area contributed by atoms with Crippen molar-refractivity contribution in [2.24, 2.45) is 0 Å². The highest BCUT2D eigenvalue weighted by molar-refractivity contribution is 7.91. The van der Waals surface area contributed by atoms with Crippen molar-refractivity contribution in [1.29, 1.82) is 0 Å². The Balaban J connectivity index is 1.97. The molecule has 0 aliphatic rings. The summed E-state index contributed by atoms with van der Waals surface area (Å²) < 4.78 is 25.5. The number of benzene rings is 3. The quantitative estimate of drug-likeness (QED) is 0.668.